The van der Waals surface area contributed by atoms with Crippen LogP contribution in [0.25, 0.3) is 0 Å². The van der Waals surface area contributed by atoms with Crippen molar-refractivity contribution < 1.29 is 4.79 Å². The quantitative estimate of drug-likeness (QED) is 0.766. The number of nitrogens with two attached hydrogens (primary N) is 1. The zero-order chi connectivity index (χ0) is 15.0. The van der Waals surface area contributed by atoms with E-state index in [1.165, 1.54) is 16.2 Å². The summed E-state index contributed by atoms with van der Waals surface area (Å²) >= 11 is 10.9. The zero-order valence-electron chi connectivity index (χ0n) is 11.4. The highest BCUT2D eigenvalue weighted by molar-refractivity contribution is 9.10. The van der Waals surface area contributed by atoms with Crippen molar-refractivity contribution in [1.82, 2.24) is 4.98 Å². The molecule has 1 atom stereocenters. The zero-order valence-corrected chi connectivity index (χ0v) is 15.4. The molecular weight excluding hydrogens is 409 g/mol. The average molecular weight is 423 g/mol. The van der Waals surface area contributed by atoms with E-state index < -0.39 is 0 Å². The van der Waals surface area contributed by atoms with Gasteiger partial charge in [0.05, 0.1) is 16.3 Å². The molecule has 3 N–H and O–H groups in total. The van der Waals surface area contributed by atoms with Gasteiger partial charge >= 0.3 is 0 Å². The summed E-state index contributed by atoms with van der Waals surface area (Å²) in [6.07, 6.45) is 2.66. The maximum Gasteiger partial charge on any atom is 0.258 e. The van der Waals surface area contributed by atoms with Crippen molar-refractivity contribution in [2.24, 2.45) is 5.73 Å². The number of fused-ring (bicyclic) bond motifs is 1. The van der Waals surface area contributed by atoms with E-state index in [0.29, 0.717) is 15.7 Å². The summed E-state index contributed by atoms with van der Waals surface area (Å²) in [5.74, 6) is -0.253. The summed E-state index contributed by atoms with van der Waals surface area (Å²) in [4.78, 5) is 17.9. The van der Waals surface area contributed by atoms with Crippen LogP contribution in [0.2, 0.25) is 5.02 Å². The lowest BCUT2D eigenvalue weighted by Gasteiger charge is -2.15. The smallest absolute Gasteiger partial charge is 0.258 e. The SMILES string of the molecule is Cl.N[C@H]1CCc2nc(NC(=O)c3cc(Br)ccc3Cl)sc2C1. The molecule has 8 heteroatoms. The summed E-state index contributed by atoms with van der Waals surface area (Å²) in [5, 5.41) is 3.84. The molecule has 3 rings (SSSR count). The largest absolute Gasteiger partial charge is 0.327 e. The molecule has 2 aromatic rings. The number of amides is 1. The van der Waals surface area contributed by atoms with Gasteiger partial charge in [0.15, 0.2) is 5.13 Å². The Morgan fingerprint density at radius 2 is 2.27 bits per heavy atom. The second-order valence-electron chi connectivity index (χ2n) is 4.97. The Kier molecular flexibility index (Phi) is 5.85. The molecule has 0 radical (unpaired) electrons. The van der Waals surface area contributed by atoms with Crippen LogP contribution in [0.1, 0.15) is 27.3 Å². The van der Waals surface area contributed by atoms with Crippen molar-refractivity contribution in [1.29, 1.82) is 0 Å². The number of nitrogens with zero attached hydrogens (tertiary/aromatic N) is 1. The van der Waals surface area contributed by atoms with E-state index in [-0.39, 0.29) is 24.4 Å². The fraction of sp³-hybridized carbons (Fsp3) is 0.286. The van der Waals surface area contributed by atoms with Crippen LogP contribution in [0.4, 0.5) is 5.13 Å². The molecule has 0 saturated carbocycles. The molecule has 1 aliphatic carbocycles. The lowest BCUT2D eigenvalue weighted by Crippen LogP contribution is -2.27. The monoisotopic (exact) mass is 421 g/mol. The van der Waals surface area contributed by atoms with Gasteiger partial charge in [-0.1, -0.05) is 27.5 Å². The number of rotatable bonds is 2. The number of nitrogens with one attached hydrogen (secondary N) is 1. The Morgan fingerprint density at radius 1 is 1.50 bits per heavy atom. The molecule has 0 unspecified atom stereocenters. The highest BCUT2D eigenvalue weighted by Crippen LogP contribution is 2.30. The molecule has 4 nitrogen and oxygen atoms in total. The van der Waals surface area contributed by atoms with Gasteiger partial charge in [0.2, 0.25) is 0 Å². The molecule has 0 aliphatic heterocycles. The molecule has 0 spiro atoms. The van der Waals surface area contributed by atoms with Gasteiger partial charge in [0.25, 0.3) is 5.91 Å². The topological polar surface area (TPSA) is 68.0 Å². The third-order valence-corrected chi connectivity index (χ3v) is 5.23. The minimum Gasteiger partial charge on any atom is -0.327 e. The van der Waals surface area contributed by atoms with Gasteiger partial charge in [-0.15, -0.1) is 23.7 Å². The lowest BCUT2D eigenvalue weighted by atomic mass is 9.99. The van der Waals surface area contributed by atoms with Crippen LogP contribution < -0.4 is 11.1 Å². The van der Waals surface area contributed by atoms with E-state index in [0.717, 1.165) is 29.4 Å². The average Bonchev–Trinajstić information content (AvgIpc) is 2.82. The van der Waals surface area contributed by atoms with E-state index in [2.05, 4.69) is 26.2 Å². The summed E-state index contributed by atoms with van der Waals surface area (Å²) in [7, 11) is 0. The Labute approximate surface area is 152 Å². The van der Waals surface area contributed by atoms with Crippen LogP contribution in [-0.2, 0) is 12.8 Å². The Bertz CT molecular complexity index is 707. The number of carbonyl (C=O) groups excluding carboxylic acids is 1. The van der Waals surface area contributed by atoms with Crippen molar-refractivity contribution in [2.45, 2.75) is 25.3 Å². The molecule has 22 heavy (non-hydrogen) atoms. The Hall–Kier alpha value is -0.660. The molecule has 1 aromatic carbocycles. The second kappa shape index (κ2) is 7.27. The second-order valence-corrected chi connectivity index (χ2v) is 7.38. The lowest BCUT2D eigenvalue weighted by molar-refractivity contribution is 0.102. The number of benzene rings is 1. The molecule has 1 amide bonds. The molecular formula is C14H14BrCl2N3OS. The Balaban J connectivity index is 0.00000176. The highest BCUT2D eigenvalue weighted by Gasteiger charge is 2.21. The first kappa shape index (κ1) is 17.7. The number of halogens is 3. The van der Waals surface area contributed by atoms with Gasteiger partial charge < -0.3 is 5.73 Å². The van der Waals surface area contributed by atoms with Crippen LogP contribution in [0, 0.1) is 0 Å². The summed E-state index contributed by atoms with van der Waals surface area (Å²) in [6, 6.07) is 5.37. The van der Waals surface area contributed by atoms with Gasteiger partial charge in [-0.2, -0.15) is 0 Å². The van der Waals surface area contributed by atoms with E-state index in [4.69, 9.17) is 17.3 Å². The number of thiazole rings is 1. The van der Waals surface area contributed by atoms with Crippen molar-refractivity contribution in [3.63, 3.8) is 0 Å². The number of hydrogen-bond acceptors (Lipinski definition) is 4. The number of anilines is 1. The third kappa shape index (κ3) is 3.81. The standard InChI is InChI=1S/C14H13BrClN3OS.ClH/c15-7-1-3-10(16)9(5-7)13(20)19-14-18-11-4-2-8(17)6-12(11)21-14;/h1,3,5,8H,2,4,6,17H2,(H,18,19,20);1H/t8-;/m0./s1. The van der Waals surface area contributed by atoms with Crippen LogP contribution in [0.5, 0.6) is 0 Å². The normalized spacial score (nSPS) is 16.6. The first-order valence-corrected chi connectivity index (χ1v) is 8.52. The maximum atomic E-state index is 12.3. The summed E-state index contributed by atoms with van der Waals surface area (Å²) in [5.41, 5.74) is 7.44. The first-order valence-electron chi connectivity index (χ1n) is 6.53. The fourth-order valence-electron chi connectivity index (χ4n) is 2.29. The molecule has 118 valence electrons. The highest BCUT2D eigenvalue weighted by atomic mass is 79.9. The van der Waals surface area contributed by atoms with E-state index >= 15 is 0 Å². The minimum absolute atomic E-state index is 0. The summed E-state index contributed by atoms with van der Waals surface area (Å²) < 4.78 is 0.807. The van der Waals surface area contributed by atoms with E-state index in [9.17, 15) is 4.79 Å². The predicted octanol–water partition coefficient (Wildman–Crippen LogP) is 4.05. The summed E-state index contributed by atoms with van der Waals surface area (Å²) in [6.45, 7) is 0. The Morgan fingerprint density at radius 3 is 3.05 bits per heavy atom. The number of carbonyl (C=O) groups is 1. The molecule has 0 bridgehead atoms. The molecule has 0 saturated heterocycles. The molecule has 0 fully saturated rings. The van der Waals surface area contributed by atoms with E-state index in [1.54, 1.807) is 18.2 Å². The minimum atomic E-state index is -0.253. The number of aromatic nitrogens is 1. The van der Waals surface area contributed by atoms with Crippen LogP contribution in [-0.4, -0.2) is 16.9 Å². The first-order chi connectivity index (χ1) is 10.0. The molecule has 1 heterocycles. The van der Waals surface area contributed by atoms with Gasteiger partial charge in [-0.05, 0) is 37.5 Å². The van der Waals surface area contributed by atoms with Gasteiger partial charge in [0.1, 0.15) is 0 Å². The van der Waals surface area contributed by atoms with Gasteiger partial charge in [0, 0.05) is 15.4 Å². The van der Waals surface area contributed by atoms with Crippen LogP contribution >= 0.6 is 51.3 Å². The van der Waals surface area contributed by atoms with Crippen LogP contribution in [0.15, 0.2) is 22.7 Å². The van der Waals surface area contributed by atoms with Gasteiger partial charge in [-0.3, -0.25) is 10.1 Å². The van der Waals surface area contributed by atoms with Crippen LogP contribution in [0.3, 0.4) is 0 Å². The van der Waals surface area contributed by atoms with Crippen molar-refractivity contribution in [3.8, 4) is 0 Å². The molecule has 1 aliphatic rings. The van der Waals surface area contributed by atoms with Crippen molar-refractivity contribution in [2.75, 3.05) is 5.32 Å². The van der Waals surface area contributed by atoms with Gasteiger partial charge in [-0.25, -0.2) is 4.98 Å². The molecule has 1 aromatic heterocycles. The van der Waals surface area contributed by atoms with Crippen molar-refractivity contribution in [3.05, 3.63) is 43.8 Å². The number of aryl methyl sites for hydroxylation is 1. The van der Waals surface area contributed by atoms with E-state index in [1.807, 2.05) is 0 Å². The van der Waals surface area contributed by atoms with Crippen molar-refractivity contribution >= 4 is 62.3 Å². The predicted molar refractivity (Wildman–Crippen MR) is 96.5 cm³/mol. The maximum absolute atomic E-state index is 12.3. The fourth-order valence-corrected chi connectivity index (χ4v) is 3.95. The third-order valence-electron chi connectivity index (χ3n) is 3.37. The number of hydrogen-bond donors (Lipinski definition) is 2.